The SMILES string of the molecule is CCCCCCCCC=CCCCCCCCC(=O)OC(=O)CCCc1nc2cc(N(CCCl)CCCl)ccc2n1C. The molecule has 0 saturated carbocycles. The molecule has 0 bridgehead atoms. The summed E-state index contributed by atoms with van der Waals surface area (Å²) in [6.45, 7) is 3.70. The highest BCUT2D eigenvalue weighted by Crippen LogP contribution is 2.23. The van der Waals surface area contributed by atoms with Gasteiger partial charge in [-0.3, -0.25) is 9.59 Å². The molecule has 0 unspecified atom stereocenters. The number of allylic oxidation sites excluding steroid dienone is 2. The van der Waals surface area contributed by atoms with E-state index in [2.05, 4.69) is 46.7 Å². The minimum Gasteiger partial charge on any atom is -0.393 e. The lowest BCUT2D eigenvalue weighted by Gasteiger charge is -2.22. The molecule has 0 radical (unpaired) electrons. The van der Waals surface area contributed by atoms with Crippen molar-refractivity contribution in [2.45, 2.75) is 116 Å². The van der Waals surface area contributed by atoms with Crippen LogP contribution in [0.1, 0.15) is 115 Å². The van der Waals surface area contributed by atoms with Crippen molar-refractivity contribution in [2.75, 3.05) is 29.7 Å². The van der Waals surface area contributed by atoms with Crippen molar-refractivity contribution in [2.24, 2.45) is 7.05 Å². The Bertz CT molecular complexity index is 1060. The average molecular weight is 623 g/mol. The largest absolute Gasteiger partial charge is 0.393 e. The number of carbonyl (C=O) groups excluding carboxylic acids is 2. The number of carbonyl (C=O) groups is 2. The van der Waals surface area contributed by atoms with Gasteiger partial charge < -0.3 is 14.2 Å². The van der Waals surface area contributed by atoms with E-state index >= 15 is 0 Å². The Morgan fingerprint density at radius 2 is 1.40 bits per heavy atom. The van der Waals surface area contributed by atoms with Gasteiger partial charge >= 0.3 is 11.9 Å². The molecule has 0 fully saturated rings. The zero-order valence-corrected chi connectivity index (χ0v) is 27.6. The van der Waals surface area contributed by atoms with Crippen molar-refractivity contribution in [3.8, 4) is 0 Å². The van der Waals surface area contributed by atoms with Gasteiger partial charge in [0.2, 0.25) is 0 Å². The number of imidazole rings is 1. The van der Waals surface area contributed by atoms with Crippen LogP contribution in [0.15, 0.2) is 30.4 Å². The van der Waals surface area contributed by atoms with Gasteiger partial charge in [0.25, 0.3) is 0 Å². The monoisotopic (exact) mass is 621 g/mol. The van der Waals surface area contributed by atoms with Gasteiger partial charge in [-0.15, -0.1) is 23.2 Å². The van der Waals surface area contributed by atoms with E-state index in [1.807, 2.05) is 7.05 Å². The third-order valence-electron chi connectivity index (χ3n) is 7.68. The number of aromatic nitrogens is 2. The third-order valence-corrected chi connectivity index (χ3v) is 8.02. The Morgan fingerprint density at radius 1 is 0.833 bits per heavy atom. The summed E-state index contributed by atoms with van der Waals surface area (Å²) in [5.41, 5.74) is 2.97. The van der Waals surface area contributed by atoms with Crippen LogP contribution in [0.4, 0.5) is 5.69 Å². The molecule has 0 saturated heterocycles. The number of halogens is 2. The molecular formula is C34H53Cl2N3O3. The maximum Gasteiger partial charge on any atom is 0.313 e. The number of rotatable bonds is 24. The second kappa shape index (κ2) is 22.5. The predicted molar refractivity (Wildman–Crippen MR) is 178 cm³/mol. The van der Waals surface area contributed by atoms with Crippen LogP contribution >= 0.6 is 23.2 Å². The normalized spacial score (nSPS) is 11.5. The van der Waals surface area contributed by atoms with Crippen LogP contribution in [-0.4, -0.2) is 46.3 Å². The van der Waals surface area contributed by atoms with Crippen LogP contribution in [0.5, 0.6) is 0 Å². The lowest BCUT2D eigenvalue weighted by molar-refractivity contribution is -0.159. The first-order valence-corrected chi connectivity index (χ1v) is 17.3. The Kier molecular flexibility index (Phi) is 19.3. The first kappa shape index (κ1) is 36.1. The molecule has 0 amide bonds. The average Bonchev–Trinajstić information content (AvgIpc) is 3.29. The summed E-state index contributed by atoms with van der Waals surface area (Å²) in [5.74, 6) is 1.09. The van der Waals surface area contributed by atoms with Crippen LogP contribution in [0.3, 0.4) is 0 Å². The molecule has 6 nitrogen and oxygen atoms in total. The molecule has 0 atom stereocenters. The van der Waals surface area contributed by atoms with E-state index in [0.29, 0.717) is 31.0 Å². The van der Waals surface area contributed by atoms with Crippen molar-refractivity contribution >= 4 is 51.9 Å². The molecule has 1 aromatic heterocycles. The quantitative estimate of drug-likeness (QED) is 0.0384. The number of benzene rings is 1. The standard InChI is InChI=1S/C34H53Cl2N3O3/c1-3-4-5-6-7-8-9-10-11-12-13-14-15-16-17-20-33(40)42-34(41)21-18-19-32-37-30-28-29(22-23-31(30)38(32)2)39(26-24-35)27-25-36/h10-11,22-23,28H,3-9,12-21,24-27H2,1-2H3. The first-order valence-electron chi connectivity index (χ1n) is 16.2. The molecule has 8 heteroatoms. The molecule has 42 heavy (non-hydrogen) atoms. The van der Waals surface area contributed by atoms with Gasteiger partial charge in [-0.05, 0) is 56.7 Å². The predicted octanol–water partition coefficient (Wildman–Crippen LogP) is 9.29. The van der Waals surface area contributed by atoms with Gasteiger partial charge in [-0.1, -0.05) is 70.4 Å². The summed E-state index contributed by atoms with van der Waals surface area (Å²) in [5, 5.41) is 0. The topological polar surface area (TPSA) is 64.4 Å². The molecule has 2 aromatic rings. The summed E-state index contributed by atoms with van der Waals surface area (Å²) in [7, 11) is 1.98. The number of aryl methyl sites for hydroxylation is 2. The van der Waals surface area contributed by atoms with Gasteiger partial charge in [0, 0.05) is 56.8 Å². The molecular weight excluding hydrogens is 569 g/mol. The van der Waals surface area contributed by atoms with Crippen molar-refractivity contribution in [1.82, 2.24) is 9.55 Å². The summed E-state index contributed by atoms with van der Waals surface area (Å²) in [6.07, 6.45) is 22.1. The van der Waals surface area contributed by atoms with Gasteiger partial charge in [0.15, 0.2) is 0 Å². The Morgan fingerprint density at radius 3 is 2.02 bits per heavy atom. The van der Waals surface area contributed by atoms with Crippen molar-refractivity contribution < 1.29 is 14.3 Å². The first-order chi connectivity index (χ1) is 20.5. The van der Waals surface area contributed by atoms with Crippen LogP contribution in [0, 0.1) is 0 Å². The lowest BCUT2D eigenvalue weighted by atomic mass is 10.1. The number of unbranched alkanes of at least 4 members (excludes halogenated alkanes) is 11. The Balaban J connectivity index is 1.56. The maximum atomic E-state index is 12.2. The number of anilines is 1. The van der Waals surface area contributed by atoms with E-state index in [9.17, 15) is 9.59 Å². The molecule has 0 spiro atoms. The number of ether oxygens (including phenoxy) is 1. The van der Waals surface area contributed by atoms with Gasteiger partial charge in [0.1, 0.15) is 5.82 Å². The van der Waals surface area contributed by atoms with Crippen molar-refractivity contribution in [3.05, 3.63) is 36.2 Å². The highest BCUT2D eigenvalue weighted by atomic mass is 35.5. The number of hydrogen-bond donors (Lipinski definition) is 0. The second-order valence-electron chi connectivity index (χ2n) is 11.2. The minimum absolute atomic E-state index is 0.200. The summed E-state index contributed by atoms with van der Waals surface area (Å²) in [4.78, 5) is 31.2. The Hall–Kier alpha value is -2.05. The lowest BCUT2D eigenvalue weighted by Crippen LogP contribution is -2.27. The number of esters is 2. The van der Waals surface area contributed by atoms with E-state index in [0.717, 1.165) is 61.3 Å². The van der Waals surface area contributed by atoms with Gasteiger partial charge in [-0.25, -0.2) is 4.98 Å². The molecule has 0 aliphatic heterocycles. The molecule has 0 N–H and O–H groups in total. The molecule has 1 aromatic carbocycles. The number of fused-ring (bicyclic) bond motifs is 1. The number of alkyl halides is 2. The van der Waals surface area contributed by atoms with Gasteiger partial charge in [0.05, 0.1) is 11.0 Å². The summed E-state index contributed by atoms with van der Waals surface area (Å²) >= 11 is 11.9. The highest BCUT2D eigenvalue weighted by molar-refractivity contribution is 6.18. The summed E-state index contributed by atoms with van der Waals surface area (Å²) < 4.78 is 7.09. The number of hydrogen-bond acceptors (Lipinski definition) is 5. The zero-order valence-electron chi connectivity index (χ0n) is 26.1. The van der Waals surface area contributed by atoms with Crippen molar-refractivity contribution in [1.29, 1.82) is 0 Å². The fourth-order valence-corrected chi connectivity index (χ4v) is 5.60. The second-order valence-corrected chi connectivity index (χ2v) is 11.9. The smallest absolute Gasteiger partial charge is 0.313 e. The molecule has 1 heterocycles. The fourth-order valence-electron chi connectivity index (χ4n) is 5.19. The third kappa shape index (κ3) is 14.4. The number of nitrogens with zero attached hydrogens (tertiary/aromatic N) is 3. The minimum atomic E-state index is -0.452. The van der Waals surface area contributed by atoms with E-state index in [4.69, 9.17) is 32.9 Å². The van der Waals surface area contributed by atoms with Crippen LogP contribution in [0.2, 0.25) is 0 Å². The molecule has 236 valence electrons. The maximum absolute atomic E-state index is 12.2. The van der Waals surface area contributed by atoms with E-state index < -0.39 is 11.9 Å². The zero-order chi connectivity index (χ0) is 30.4. The van der Waals surface area contributed by atoms with E-state index in [-0.39, 0.29) is 6.42 Å². The fraction of sp³-hybridized carbons (Fsp3) is 0.676. The van der Waals surface area contributed by atoms with Crippen LogP contribution < -0.4 is 4.90 Å². The van der Waals surface area contributed by atoms with E-state index in [1.54, 1.807) is 0 Å². The van der Waals surface area contributed by atoms with Crippen molar-refractivity contribution in [3.63, 3.8) is 0 Å². The van der Waals surface area contributed by atoms with Crippen LogP contribution in [0.25, 0.3) is 11.0 Å². The highest BCUT2D eigenvalue weighted by Gasteiger charge is 2.14. The summed E-state index contributed by atoms with van der Waals surface area (Å²) in [6, 6.07) is 6.17. The molecule has 0 aliphatic carbocycles. The molecule has 0 aliphatic rings. The van der Waals surface area contributed by atoms with Crippen LogP contribution in [-0.2, 0) is 27.8 Å². The van der Waals surface area contributed by atoms with E-state index in [1.165, 1.54) is 57.8 Å². The Labute approximate surface area is 264 Å². The van der Waals surface area contributed by atoms with Gasteiger partial charge in [-0.2, -0.15) is 0 Å². The molecule has 2 rings (SSSR count).